The number of nitrogens with one attached hydrogen (secondary N) is 1. The Kier molecular flexibility index (Phi) is 5.36. The third kappa shape index (κ3) is 4.00. The number of carbonyl (C=O) groups excluding carboxylic acids is 2. The highest BCUT2D eigenvalue weighted by Crippen LogP contribution is 2.17. The Morgan fingerprint density at radius 2 is 2.00 bits per heavy atom. The molecule has 6 heteroatoms. The maximum atomic E-state index is 12.4. The zero-order valence-corrected chi connectivity index (χ0v) is 15.0. The SMILES string of the molecule is Cc1cccc2c1cnn2CCC(=O)N[C@H](C)C(=O)N1CCCCC1. The molecule has 0 spiro atoms. The standard InChI is InChI=1S/C19H26N4O2/c1-14-7-6-8-17-16(14)13-20-23(17)12-9-18(24)21-15(2)19(25)22-10-4-3-5-11-22/h6-8,13,15H,3-5,9-12H2,1-2H3,(H,21,24)/t15-/m1/s1. The summed E-state index contributed by atoms with van der Waals surface area (Å²) < 4.78 is 1.85. The van der Waals surface area contributed by atoms with E-state index in [9.17, 15) is 9.59 Å². The van der Waals surface area contributed by atoms with Gasteiger partial charge in [0.05, 0.1) is 18.3 Å². The molecule has 0 saturated carbocycles. The molecule has 2 amide bonds. The van der Waals surface area contributed by atoms with Gasteiger partial charge in [-0.3, -0.25) is 14.3 Å². The molecule has 1 aromatic carbocycles. The van der Waals surface area contributed by atoms with Crippen LogP contribution in [-0.4, -0.2) is 45.6 Å². The molecule has 1 aliphatic heterocycles. The van der Waals surface area contributed by atoms with E-state index < -0.39 is 6.04 Å². The molecule has 134 valence electrons. The van der Waals surface area contributed by atoms with Gasteiger partial charge in [0.1, 0.15) is 6.04 Å². The van der Waals surface area contributed by atoms with E-state index in [-0.39, 0.29) is 11.8 Å². The number of benzene rings is 1. The van der Waals surface area contributed by atoms with Gasteiger partial charge in [0.2, 0.25) is 11.8 Å². The van der Waals surface area contributed by atoms with E-state index in [1.165, 1.54) is 12.0 Å². The minimum Gasteiger partial charge on any atom is -0.345 e. The van der Waals surface area contributed by atoms with Crippen LogP contribution >= 0.6 is 0 Å². The van der Waals surface area contributed by atoms with Gasteiger partial charge in [-0.2, -0.15) is 5.10 Å². The molecule has 1 fully saturated rings. The molecule has 1 atom stereocenters. The summed E-state index contributed by atoms with van der Waals surface area (Å²) in [6, 6.07) is 5.59. The van der Waals surface area contributed by atoms with Crippen LogP contribution in [-0.2, 0) is 16.1 Å². The number of amides is 2. The molecule has 0 radical (unpaired) electrons. The fourth-order valence-corrected chi connectivity index (χ4v) is 3.40. The second-order valence-electron chi connectivity index (χ2n) is 6.80. The van der Waals surface area contributed by atoms with Crippen LogP contribution in [0.1, 0.15) is 38.2 Å². The van der Waals surface area contributed by atoms with Gasteiger partial charge in [-0.15, -0.1) is 0 Å². The van der Waals surface area contributed by atoms with Crippen molar-refractivity contribution in [2.45, 2.75) is 52.1 Å². The van der Waals surface area contributed by atoms with Crippen molar-refractivity contribution in [2.75, 3.05) is 13.1 Å². The maximum Gasteiger partial charge on any atom is 0.244 e. The largest absolute Gasteiger partial charge is 0.345 e. The highest BCUT2D eigenvalue weighted by molar-refractivity contribution is 5.87. The molecule has 3 rings (SSSR count). The van der Waals surface area contributed by atoms with Gasteiger partial charge in [-0.25, -0.2) is 0 Å². The number of fused-ring (bicyclic) bond motifs is 1. The van der Waals surface area contributed by atoms with E-state index in [1.807, 2.05) is 27.9 Å². The zero-order chi connectivity index (χ0) is 17.8. The van der Waals surface area contributed by atoms with E-state index in [1.54, 1.807) is 6.92 Å². The van der Waals surface area contributed by atoms with Crippen LogP contribution < -0.4 is 5.32 Å². The molecule has 1 aromatic heterocycles. The van der Waals surface area contributed by atoms with Crippen LogP contribution in [0.2, 0.25) is 0 Å². The van der Waals surface area contributed by atoms with Gasteiger partial charge >= 0.3 is 0 Å². The number of nitrogens with zero attached hydrogens (tertiary/aromatic N) is 3. The van der Waals surface area contributed by atoms with Crippen molar-refractivity contribution in [3.05, 3.63) is 30.0 Å². The average molecular weight is 342 g/mol. The van der Waals surface area contributed by atoms with Crippen LogP contribution in [0.15, 0.2) is 24.4 Å². The molecule has 0 bridgehead atoms. The number of aromatic nitrogens is 2. The van der Waals surface area contributed by atoms with E-state index in [0.29, 0.717) is 13.0 Å². The van der Waals surface area contributed by atoms with Crippen molar-refractivity contribution in [2.24, 2.45) is 0 Å². The van der Waals surface area contributed by atoms with Gasteiger partial charge in [0.15, 0.2) is 0 Å². The Balaban J connectivity index is 1.53. The first-order valence-corrected chi connectivity index (χ1v) is 9.05. The first kappa shape index (κ1) is 17.5. The van der Waals surface area contributed by atoms with Crippen molar-refractivity contribution in [1.29, 1.82) is 0 Å². The predicted molar refractivity (Wildman–Crippen MR) is 97.1 cm³/mol. The molecule has 1 aliphatic rings. The van der Waals surface area contributed by atoms with Gasteiger partial charge in [-0.1, -0.05) is 12.1 Å². The Bertz CT molecular complexity index is 762. The second kappa shape index (κ2) is 7.68. The first-order chi connectivity index (χ1) is 12.1. The third-order valence-corrected chi connectivity index (χ3v) is 4.87. The number of rotatable bonds is 5. The van der Waals surface area contributed by atoms with Gasteiger partial charge < -0.3 is 10.2 Å². The fourth-order valence-electron chi connectivity index (χ4n) is 3.40. The normalized spacial score (nSPS) is 16.0. The number of likely N-dealkylation sites (tertiary alicyclic amines) is 1. The van der Waals surface area contributed by atoms with Crippen LogP contribution in [0.4, 0.5) is 0 Å². The Hall–Kier alpha value is -2.37. The summed E-state index contributed by atoms with van der Waals surface area (Å²) in [7, 11) is 0. The molecule has 1 saturated heterocycles. The first-order valence-electron chi connectivity index (χ1n) is 9.05. The Morgan fingerprint density at radius 1 is 1.24 bits per heavy atom. The van der Waals surface area contributed by atoms with Gasteiger partial charge in [0.25, 0.3) is 0 Å². The molecule has 2 aromatic rings. The highest BCUT2D eigenvalue weighted by atomic mass is 16.2. The van der Waals surface area contributed by atoms with Crippen LogP contribution in [0.5, 0.6) is 0 Å². The van der Waals surface area contributed by atoms with Crippen LogP contribution in [0.3, 0.4) is 0 Å². The smallest absolute Gasteiger partial charge is 0.244 e. The third-order valence-electron chi connectivity index (χ3n) is 4.87. The topological polar surface area (TPSA) is 67.2 Å². The average Bonchev–Trinajstić information content (AvgIpc) is 3.04. The predicted octanol–water partition coefficient (Wildman–Crippen LogP) is 2.25. The summed E-state index contributed by atoms with van der Waals surface area (Å²) in [5.74, 6) is -0.0950. The lowest BCUT2D eigenvalue weighted by atomic mass is 10.1. The second-order valence-corrected chi connectivity index (χ2v) is 6.80. The van der Waals surface area contributed by atoms with Crippen molar-refractivity contribution in [1.82, 2.24) is 20.0 Å². The minimum absolute atomic E-state index is 0.0215. The lowest BCUT2D eigenvalue weighted by Gasteiger charge is -2.29. The molecule has 6 nitrogen and oxygen atoms in total. The molecular formula is C19H26N4O2. The van der Waals surface area contributed by atoms with Gasteiger partial charge in [0, 0.05) is 24.9 Å². The van der Waals surface area contributed by atoms with E-state index >= 15 is 0 Å². The van der Waals surface area contributed by atoms with Crippen LogP contribution in [0.25, 0.3) is 10.9 Å². The maximum absolute atomic E-state index is 12.4. The monoisotopic (exact) mass is 342 g/mol. The summed E-state index contributed by atoms with van der Waals surface area (Å²) in [4.78, 5) is 26.4. The Labute approximate surface area is 148 Å². The number of hydrogen-bond acceptors (Lipinski definition) is 3. The lowest BCUT2D eigenvalue weighted by Crippen LogP contribution is -2.48. The number of hydrogen-bond donors (Lipinski definition) is 1. The number of aryl methyl sites for hydroxylation is 2. The zero-order valence-electron chi connectivity index (χ0n) is 15.0. The molecule has 25 heavy (non-hydrogen) atoms. The minimum atomic E-state index is -0.470. The van der Waals surface area contributed by atoms with E-state index in [2.05, 4.69) is 23.4 Å². The van der Waals surface area contributed by atoms with Crippen molar-refractivity contribution in [3.63, 3.8) is 0 Å². The summed E-state index contributed by atoms with van der Waals surface area (Å²) >= 11 is 0. The molecule has 2 heterocycles. The highest BCUT2D eigenvalue weighted by Gasteiger charge is 2.23. The van der Waals surface area contributed by atoms with Crippen LogP contribution in [0, 0.1) is 6.92 Å². The van der Waals surface area contributed by atoms with E-state index in [0.717, 1.165) is 36.8 Å². The molecule has 0 unspecified atom stereocenters. The summed E-state index contributed by atoms with van der Waals surface area (Å²) in [6.45, 7) is 5.93. The van der Waals surface area contributed by atoms with Gasteiger partial charge in [-0.05, 0) is 44.7 Å². The number of piperidine rings is 1. The molecular weight excluding hydrogens is 316 g/mol. The van der Waals surface area contributed by atoms with E-state index in [4.69, 9.17) is 0 Å². The van der Waals surface area contributed by atoms with Crippen molar-refractivity contribution in [3.8, 4) is 0 Å². The van der Waals surface area contributed by atoms with Crippen molar-refractivity contribution < 1.29 is 9.59 Å². The lowest BCUT2D eigenvalue weighted by molar-refractivity contribution is -0.136. The summed E-state index contributed by atoms with van der Waals surface area (Å²) in [5, 5.41) is 8.31. The molecule has 0 aliphatic carbocycles. The van der Waals surface area contributed by atoms with Crippen molar-refractivity contribution >= 4 is 22.7 Å². The Morgan fingerprint density at radius 3 is 2.76 bits per heavy atom. The number of carbonyl (C=O) groups is 2. The fraction of sp³-hybridized carbons (Fsp3) is 0.526. The summed E-state index contributed by atoms with van der Waals surface area (Å²) in [6.07, 6.45) is 5.44. The molecule has 1 N–H and O–H groups in total. The summed E-state index contributed by atoms with van der Waals surface area (Å²) in [5.41, 5.74) is 2.21. The quantitative estimate of drug-likeness (QED) is 0.906.